The predicted octanol–water partition coefficient (Wildman–Crippen LogP) is 2.51. The summed E-state index contributed by atoms with van der Waals surface area (Å²) in [5.41, 5.74) is 2.77. The summed E-state index contributed by atoms with van der Waals surface area (Å²) in [5, 5.41) is 0. The van der Waals surface area contributed by atoms with Crippen LogP contribution in [0.2, 0.25) is 0 Å². The average Bonchev–Trinajstić information content (AvgIpc) is 3.10. The minimum Gasteiger partial charge on any atom is -0.338 e. The van der Waals surface area contributed by atoms with Gasteiger partial charge in [0, 0.05) is 44.1 Å². The zero-order valence-electron chi connectivity index (χ0n) is 15.0. The van der Waals surface area contributed by atoms with E-state index in [1.807, 2.05) is 59.3 Å². The zero-order chi connectivity index (χ0) is 18.1. The third-order valence-corrected chi connectivity index (χ3v) is 5.60. The first-order valence-corrected chi connectivity index (χ1v) is 9.16. The van der Waals surface area contributed by atoms with Gasteiger partial charge in [-0.05, 0) is 42.5 Å². The van der Waals surface area contributed by atoms with Crippen LogP contribution in [0.3, 0.4) is 0 Å². The highest BCUT2D eigenvalue weighted by atomic mass is 16.2. The largest absolute Gasteiger partial charge is 0.338 e. The molecule has 0 aliphatic carbocycles. The first-order valence-electron chi connectivity index (χ1n) is 9.16. The normalized spacial score (nSPS) is 22.4. The van der Waals surface area contributed by atoms with Crippen LogP contribution < -0.4 is 0 Å². The van der Waals surface area contributed by atoms with Crippen LogP contribution in [0.15, 0.2) is 48.8 Å². The third kappa shape index (κ3) is 3.09. The lowest BCUT2D eigenvalue weighted by Gasteiger charge is -2.33. The molecule has 2 aliphatic heterocycles. The van der Waals surface area contributed by atoms with Gasteiger partial charge in [0.15, 0.2) is 0 Å². The number of amides is 2. The minimum absolute atomic E-state index is 0.0455. The standard InChI is InChI=1S/C21H23N3O2/c1-15-5-2-3-7-18(15)20(25)24-13-17-8-10-23(21(26)19(17)14-24)12-16-6-4-9-22-11-16/h2-7,9,11,17,19H,8,10,12-14H2,1H3/t17-,19+/m1/s1. The number of benzene rings is 1. The van der Waals surface area contributed by atoms with Crippen molar-refractivity contribution in [3.05, 3.63) is 65.5 Å². The highest BCUT2D eigenvalue weighted by Gasteiger charge is 2.44. The van der Waals surface area contributed by atoms with Crippen molar-refractivity contribution in [3.63, 3.8) is 0 Å². The number of pyridine rings is 1. The molecule has 0 spiro atoms. The molecule has 2 fully saturated rings. The smallest absolute Gasteiger partial charge is 0.254 e. The molecule has 1 aromatic heterocycles. The lowest BCUT2D eigenvalue weighted by Crippen LogP contribution is -2.44. The summed E-state index contributed by atoms with van der Waals surface area (Å²) in [6, 6.07) is 11.5. The molecular formula is C21H23N3O2. The second-order valence-corrected chi connectivity index (χ2v) is 7.30. The highest BCUT2D eigenvalue weighted by molar-refractivity contribution is 5.96. The Morgan fingerprint density at radius 1 is 1.19 bits per heavy atom. The summed E-state index contributed by atoms with van der Waals surface area (Å²) in [6.07, 6.45) is 4.50. The van der Waals surface area contributed by atoms with Crippen molar-refractivity contribution in [2.45, 2.75) is 19.9 Å². The monoisotopic (exact) mass is 349 g/mol. The van der Waals surface area contributed by atoms with E-state index in [4.69, 9.17) is 0 Å². The number of piperidine rings is 1. The molecule has 0 bridgehead atoms. The van der Waals surface area contributed by atoms with Crippen LogP contribution in [0.4, 0.5) is 0 Å². The second-order valence-electron chi connectivity index (χ2n) is 7.30. The lowest BCUT2D eigenvalue weighted by atomic mass is 9.88. The van der Waals surface area contributed by atoms with E-state index in [-0.39, 0.29) is 23.7 Å². The van der Waals surface area contributed by atoms with Crippen molar-refractivity contribution in [2.75, 3.05) is 19.6 Å². The molecule has 0 saturated carbocycles. The number of hydrogen-bond donors (Lipinski definition) is 0. The first kappa shape index (κ1) is 16.8. The van der Waals surface area contributed by atoms with E-state index in [1.165, 1.54) is 0 Å². The van der Waals surface area contributed by atoms with Gasteiger partial charge in [-0.3, -0.25) is 14.6 Å². The highest BCUT2D eigenvalue weighted by Crippen LogP contribution is 2.33. The Balaban J connectivity index is 1.46. The van der Waals surface area contributed by atoms with E-state index in [9.17, 15) is 9.59 Å². The maximum absolute atomic E-state index is 13.0. The Bertz CT molecular complexity index is 821. The molecule has 1 aromatic carbocycles. The van der Waals surface area contributed by atoms with E-state index >= 15 is 0 Å². The van der Waals surface area contributed by atoms with Crippen LogP contribution in [0.5, 0.6) is 0 Å². The molecule has 2 aliphatic rings. The second kappa shape index (κ2) is 6.90. The summed E-state index contributed by atoms with van der Waals surface area (Å²) < 4.78 is 0. The number of carbonyl (C=O) groups excluding carboxylic acids is 2. The van der Waals surface area contributed by atoms with E-state index in [2.05, 4.69) is 4.98 Å². The molecule has 0 radical (unpaired) electrons. The molecular weight excluding hydrogens is 326 g/mol. The van der Waals surface area contributed by atoms with Gasteiger partial charge in [0.05, 0.1) is 5.92 Å². The molecule has 2 atom stereocenters. The Labute approximate surface area is 153 Å². The number of fused-ring (bicyclic) bond motifs is 1. The summed E-state index contributed by atoms with van der Waals surface area (Å²) >= 11 is 0. The molecule has 2 saturated heterocycles. The van der Waals surface area contributed by atoms with Crippen LogP contribution in [-0.2, 0) is 11.3 Å². The van der Waals surface area contributed by atoms with Crippen molar-refractivity contribution in [2.24, 2.45) is 11.8 Å². The molecule has 2 aromatic rings. The van der Waals surface area contributed by atoms with Gasteiger partial charge in [0.1, 0.15) is 0 Å². The number of aryl methyl sites for hydroxylation is 1. The van der Waals surface area contributed by atoms with Gasteiger partial charge in [-0.15, -0.1) is 0 Å². The van der Waals surface area contributed by atoms with E-state index in [0.717, 1.165) is 29.7 Å². The fraction of sp³-hybridized carbons (Fsp3) is 0.381. The van der Waals surface area contributed by atoms with Gasteiger partial charge >= 0.3 is 0 Å². The van der Waals surface area contributed by atoms with Gasteiger partial charge in [-0.1, -0.05) is 24.3 Å². The van der Waals surface area contributed by atoms with Crippen LogP contribution >= 0.6 is 0 Å². The van der Waals surface area contributed by atoms with E-state index < -0.39 is 0 Å². The van der Waals surface area contributed by atoms with Crippen LogP contribution in [0.25, 0.3) is 0 Å². The fourth-order valence-electron chi connectivity index (χ4n) is 4.13. The molecule has 5 nitrogen and oxygen atoms in total. The maximum Gasteiger partial charge on any atom is 0.254 e. The van der Waals surface area contributed by atoms with E-state index in [0.29, 0.717) is 19.6 Å². The third-order valence-electron chi connectivity index (χ3n) is 5.60. The Hall–Kier alpha value is -2.69. The van der Waals surface area contributed by atoms with Crippen LogP contribution in [-0.4, -0.2) is 46.2 Å². The van der Waals surface area contributed by atoms with Crippen molar-refractivity contribution in [1.29, 1.82) is 0 Å². The predicted molar refractivity (Wildman–Crippen MR) is 98.3 cm³/mol. The Morgan fingerprint density at radius 2 is 2.04 bits per heavy atom. The lowest BCUT2D eigenvalue weighted by molar-refractivity contribution is -0.140. The Morgan fingerprint density at radius 3 is 2.81 bits per heavy atom. The van der Waals surface area contributed by atoms with Gasteiger partial charge in [0.2, 0.25) is 5.91 Å². The quantitative estimate of drug-likeness (QED) is 0.856. The average molecular weight is 349 g/mol. The van der Waals surface area contributed by atoms with Crippen molar-refractivity contribution < 1.29 is 9.59 Å². The van der Waals surface area contributed by atoms with Gasteiger partial charge in [-0.25, -0.2) is 0 Å². The number of hydrogen-bond acceptors (Lipinski definition) is 3. The van der Waals surface area contributed by atoms with Crippen LogP contribution in [0, 0.1) is 18.8 Å². The van der Waals surface area contributed by atoms with Gasteiger partial charge < -0.3 is 9.80 Å². The molecule has 0 N–H and O–H groups in total. The number of rotatable bonds is 3. The van der Waals surface area contributed by atoms with Crippen molar-refractivity contribution in [3.8, 4) is 0 Å². The van der Waals surface area contributed by atoms with Crippen LogP contribution in [0.1, 0.15) is 27.9 Å². The molecule has 4 rings (SSSR count). The molecule has 3 heterocycles. The number of carbonyl (C=O) groups is 2. The SMILES string of the molecule is Cc1ccccc1C(=O)N1C[C@H]2CCN(Cc3cccnc3)C(=O)[C@H]2C1. The molecule has 134 valence electrons. The van der Waals surface area contributed by atoms with Crippen molar-refractivity contribution in [1.82, 2.24) is 14.8 Å². The molecule has 5 heteroatoms. The summed E-state index contributed by atoms with van der Waals surface area (Å²) in [6.45, 7) is 4.52. The van der Waals surface area contributed by atoms with Crippen molar-refractivity contribution >= 4 is 11.8 Å². The number of likely N-dealkylation sites (tertiary alicyclic amines) is 2. The number of aromatic nitrogens is 1. The Kier molecular flexibility index (Phi) is 4.45. The summed E-state index contributed by atoms with van der Waals surface area (Å²) in [4.78, 5) is 33.7. The zero-order valence-corrected chi connectivity index (χ0v) is 15.0. The summed E-state index contributed by atoms with van der Waals surface area (Å²) in [7, 11) is 0. The number of nitrogens with zero attached hydrogens (tertiary/aromatic N) is 3. The first-order chi connectivity index (χ1) is 12.6. The van der Waals surface area contributed by atoms with Gasteiger partial charge in [-0.2, -0.15) is 0 Å². The minimum atomic E-state index is -0.0756. The molecule has 0 unspecified atom stereocenters. The maximum atomic E-state index is 13.0. The molecule has 2 amide bonds. The fourth-order valence-corrected chi connectivity index (χ4v) is 4.13. The van der Waals surface area contributed by atoms with E-state index in [1.54, 1.807) is 6.20 Å². The van der Waals surface area contributed by atoms with Gasteiger partial charge in [0.25, 0.3) is 5.91 Å². The molecule has 26 heavy (non-hydrogen) atoms. The summed E-state index contributed by atoms with van der Waals surface area (Å²) in [5.74, 6) is 0.420. The topological polar surface area (TPSA) is 53.5 Å².